The van der Waals surface area contributed by atoms with Gasteiger partial charge in [-0.15, -0.1) is 5.10 Å². The summed E-state index contributed by atoms with van der Waals surface area (Å²) in [6.45, 7) is 2.82. The van der Waals surface area contributed by atoms with Crippen molar-refractivity contribution in [1.29, 1.82) is 0 Å². The van der Waals surface area contributed by atoms with Crippen LogP contribution in [0.5, 0.6) is 0 Å². The topological polar surface area (TPSA) is 86.5 Å². The van der Waals surface area contributed by atoms with Gasteiger partial charge in [-0.2, -0.15) is 4.98 Å². The number of ether oxygens (including phenoxy) is 1. The van der Waals surface area contributed by atoms with Crippen molar-refractivity contribution in [2.24, 2.45) is 0 Å². The molecule has 0 amide bonds. The van der Waals surface area contributed by atoms with Gasteiger partial charge in [-0.1, -0.05) is 11.8 Å². The number of Topliss-reactive ketones (excluding diaryl/α,β-unsaturated/α-hetero) is 1. The first-order valence-electron chi connectivity index (χ1n) is 8.21. The molecule has 0 spiro atoms. The van der Waals surface area contributed by atoms with Crippen molar-refractivity contribution in [2.45, 2.75) is 25.4 Å². The molecule has 10 heteroatoms. The average molecular weight is 406 g/mol. The molecule has 0 radical (unpaired) electrons. The number of fused-ring (bicyclic) bond motifs is 1. The van der Waals surface area contributed by atoms with Crippen molar-refractivity contribution in [1.82, 2.24) is 19.6 Å². The number of benzene rings is 1. The second kappa shape index (κ2) is 8.01. The van der Waals surface area contributed by atoms with E-state index in [1.54, 1.807) is 13.8 Å². The van der Waals surface area contributed by atoms with Gasteiger partial charge in [-0.05, 0) is 38.3 Å². The van der Waals surface area contributed by atoms with Gasteiger partial charge in [0.05, 0.1) is 12.0 Å². The standard InChI is InChI=1S/C18H16F2N4O3S/c1-9-12(10(2)24-17(21-9)22-18(23-24)28-3)7-16(26)27-8-15(25)13-6-11(19)4-5-14(13)20/h4-6H,7-8H2,1-3H3. The van der Waals surface area contributed by atoms with E-state index in [2.05, 4.69) is 15.1 Å². The van der Waals surface area contributed by atoms with E-state index in [0.29, 0.717) is 27.9 Å². The molecule has 0 aliphatic heterocycles. The molecule has 28 heavy (non-hydrogen) atoms. The van der Waals surface area contributed by atoms with E-state index in [9.17, 15) is 18.4 Å². The number of carbonyl (C=O) groups excluding carboxylic acids is 2. The number of hydrogen-bond acceptors (Lipinski definition) is 7. The van der Waals surface area contributed by atoms with E-state index in [1.165, 1.54) is 16.3 Å². The van der Waals surface area contributed by atoms with E-state index < -0.39 is 35.6 Å². The zero-order chi connectivity index (χ0) is 20.4. The zero-order valence-corrected chi connectivity index (χ0v) is 16.1. The Hall–Kier alpha value is -2.88. The predicted molar refractivity (Wildman–Crippen MR) is 97.4 cm³/mol. The molecule has 7 nitrogen and oxygen atoms in total. The maximum atomic E-state index is 13.6. The van der Waals surface area contributed by atoms with Gasteiger partial charge in [-0.3, -0.25) is 9.59 Å². The number of aryl methyl sites for hydroxylation is 2. The SMILES string of the molecule is CSc1nc2nc(C)c(CC(=O)OCC(=O)c3cc(F)ccc3F)c(C)n2n1. The lowest BCUT2D eigenvalue weighted by Crippen LogP contribution is -2.18. The quantitative estimate of drug-likeness (QED) is 0.353. The first-order chi connectivity index (χ1) is 13.3. The minimum atomic E-state index is -0.875. The molecule has 0 aliphatic rings. The average Bonchev–Trinajstić information content (AvgIpc) is 3.08. The number of hydrogen-bond donors (Lipinski definition) is 0. The molecule has 0 atom stereocenters. The molecule has 0 saturated heterocycles. The molecule has 0 saturated carbocycles. The summed E-state index contributed by atoms with van der Waals surface area (Å²) in [6.07, 6.45) is 1.70. The van der Waals surface area contributed by atoms with Crippen molar-refractivity contribution >= 4 is 29.3 Å². The van der Waals surface area contributed by atoms with Crippen LogP contribution in [0.25, 0.3) is 5.78 Å². The van der Waals surface area contributed by atoms with Crippen molar-refractivity contribution in [2.75, 3.05) is 12.9 Å². The molecular formula is C18H16F2N4O3S. The first kappa shape index (κ1) is 19.9. The van der Waals surface area contributed by atoms with Gasteiger partial charge >= 0.3 is 5.97 Å². The summed E-state index contributed by atoms with van der Waals surface area (Å²) in [7, 11) is 0. The number of halogens is 2. The van der Waals surface area contributed by atoms with Crippen LogP contribution in [0.15, 0.2) is 23.4 Å². The smallest absolute Gasteiger partial charge is 0.310 e. The lowest BCUT2D eigenvalue weighted by Gasteiger charge is -2.10. The second-order valence-corrected chi connectivity index (χ2v) is 6.73. The third-order valence-electron chi connectivity index (χ3n) is 4.13. The van der Waals surface area contributed by atoms with Crippen LogP contribution in [0, 0.1) is 25.5 Å². The number of ketones is 1. The van der Waals surface area contributed by atoms with Crippen LogP contribution in [-0.2, 0) is 16.0 Å². The molecule has 0 fully saturated rings. The minimum absolute atomic E-state index is 0.145. The van der Waals surface area contributed by atoms with Crippen LogP contribution in [0.1, 0.15) is 27.3 Å². The number of thioether (sulfide) groups is 1. The highest BCUT2D eigenvalue weighted by molar-refractivity contribution is 7.98. The summed E-state index contributed by atoms with van der Waals surface area (Å²) in [6, 6.07) is 2.52. The van der Waals surface area contributed by atoms with Crippen molar-refractivity contribution in [3.05, 3.63) is 52.3 Å². The fourth-order valence-corrected chi connectivity index (χ4v) is 3.00. The van der Waals surface area contributed by atoms with Crippen molar-refractivity contribution < 1.29 is 23.1 Å². The van der Waals surface area contributed by atoms with Crippen molar-refractivity contribution in [3.63, 3.8) is 0 Å². The summed E-state index contributed by atoms with van der Waals surface area (Å²) < 4.78 is 33.3. The highest BCUT2D eigenvalue weighted by Crippen LogP contribution is 2.18. The van der Waals surface area contributed by atoms with E-state index in [4.69, 9.17) is 4.74 Å². The Morgan fingerprint density at radius 2 is 1.96 bits per heavy atom. The van der Waals surface area contributed by atoms with E-state index in [0.717, 1.165) is 18.2 Å². The number of nitrogens with zero attached hydrogens (tertiary/aromatic N) is 4. The Labute approximate surface area is 163 Å². The van der Waals surface area contributed by atoms with Crippen LogP contribution in [0.2, 0.25) is 0 Å². The van der Waals surface area contributed by atoms with Crippen LogP contribution in [0.3, 0.4) is 0 Å². The van der Waals surface area contributed by atoms with Crippen LogP contribution in [-0.4, -0.2) is 44.2 Å². The van der Waals surface area contributed by atoms with Gasteiger partial charge in [0.2, 0.25) is 10.9 Å². The molecule has 0 N–H and O–H groups in total. The maximum absolute atomic E-state index is 13.6. The summed E-state index contributed by atoms with van der Waals surface area (Å²) in [5, 5.41) is 4.85. The summed E-state index contributed by atoms with van der Waals surface area (Å²) in [5.41, 5.74) is 1.40. The van der Waals surface area contributed by atoms with E-state index >= 15 is 0 Å². The fourth-order valence-electron chi connectivity index (χ4n) is 2.66. The highest BCUT2D eigenvalue weighted by atomic mass is 32.2. The zero-order valence-electron chi connectivity index (χ0n) is 15.3. The van der Waals surface area contributed by atoms with Gasteiger partial charge in [0.25, 0.3) is 5.78 Å². The molecule has 2 heterocycles. The van der Waals surface area contributed by atoms with E-state index in [1.807, 2.05) is 6.26 Å². The highest BCUT2D eigenvalue weighted by Gasteiger charge is 2.19. The van der Waals surface area contributed by atoms with E-state index in [-0.39, 0.29) is 6.42 Å². The summed E-state index contributed by atoms with van der Waals surface area (Å²) >= 11 is 1.37. The van der Waals surface area contributed by atoms with Crippen LogP contribution < -0.4 is 0 Å². The largest absolute Gasteiger partial charge is 0.457 e. The Bertz CT molecular complexity index is 1080. The molecule has 0 unspecified atom stereocenters. The predicted octanol–water partition coefficient (Wildman–Crippen LogP) is 2.71. The van der Waals surface area contributed by atoms with Gasteiger partial charge in [0, 0.05) is 17.0 Å². The number of aromatic nitrogens is 4. The lowest BCUT2D eigenvalue weighted by molar-refractivity contribution is -0.141. The summed E-state index contributed by atoms with van der Waals surface area (Å²) in [5.74, 6) is -2.72. The second-order valence-electron chi connectivity index (χ2n) is 5.96. The van der Waals surface area contributed by atoms with Crippen LogP contribution >= 0.6 is 11.8 Å². The van der Waals surface area contributed by atoms with Crippen LogP contribution in [0.4, 0.5) is 8.78 Å². The summed E-state index contributed by atoms with van der Waals surface area (Å²) in [4.78, 5) is 32.8. The molecule has 3 rings (SSSR count). The van der Waals surface area contributed by atoms with Gasteiger partial charge in [0.15, 0.2) is 6.61 Å². The first-order valence-corrected chi connectivity index (χ1v) is 9.43. The molecule has 3 aromatic rings. The number of esters is 1. The molecule has 146 valence electrons. The van der Waals surface area contributed by atoms with Gasteiger partial charge in [0.1, 0.15) is 11.6 Å². The van der Waals surface area contributed by atoms with Gasteiger partial charge in [-0.25, -0.2) is 18.3 Å². The molecular weight excluding hydrogens is 390 g/mol. The Morgan fingerprint density at radius 3 is 2.68 bits per heavy atom. The van der Waals surface area contributed by atoms with Gasteiger partial charge < -0.3 is 4.74 Å². The third-order valence-corrected chi connectivity index (χ3v) is 4.66. The Kier molecular flexibility index (Phi) is 5.68. The maximum Gasteiger partial charge on any atom is 0.310 e. The van der Waals surface area contributed by atoms with Crippen molar-refractivity contribution in [3.8, 4) is 0 Å². The molecule has 0 aliphatic carbocycles. The Balaban J connectivity index is 1.73. The monoisotopic (exact) mass is 406 g/mol. The normalized spacial score (nSPS) is 11.0. The Morgan fingerprint density at radius 1 is 1.21 bits per heavy atom. The third kappa shape index (κ3) is 4.01. The number of carbonyl (C=O) groups is 2. The molecule has 0 bridgehead atoms. The lowest BCUT2D eigenvalue weighted by atomic mass is 10.1. The minimum Gasteiger partial charge on any atom is -0.457 e. The molecule has 1 aromatic carbocycles. The fraction of sp³-hybridized carbons (Fsp3) is 0.278. The molecule has 2 aromatic heterocycles. The number of rotatable bonds is 6.